The Bertz CT molecular complexity index is 597. The number of nitrogens with two attached hydrogens (primary N) is 1. The molecule has 3 aromatic rings. The second-order valence-corrected chi connectivity index (χ2v) is 3.98. The van der Waals surface area contributed by atoms with E-state index < -0.39 is 0 Å². The summed E-state index contributed by atoms with van der Waals surface area (Å²) in [5.41, 5.74) is 8.24. The number of nitrogens with one attached hydrogen (secondary N) is 1. The van der Waals surface area contributed by atoms with Gasteiger partial charge >= 0.3 is 0 Å². The SMILES string of the molecule is Nc1ccc2[nH]c(-c3ccsc3)nc2n1. The fourth-order valence-corrected chi connectivity index (χ4v) is 2.08. The third kappa shape index (κ3) is 1.37. The Hall–Kier alpha value is -1.88. The van der Waals surface area contributed by atoms with Crippen LogP contribution in [0.15, 0.2) is 29.0 Å². The van der Waals surface area contributed by atoms with Gasteiger partial charge < -0.3 is 10.7 Å². The first-order valence-corrected chi connectivity index (χ1v) is 5.42. The molecule has 3 aromatic heterocycles. The van der Waals surface area contributed by atoms with E-state index >= 15 is 0 Å². The minimum absolute atomic E-state index is 0.492. The van der Waals surface area contributed by atoms with Crippen molar-refractivity contribution in [2.24, 2.45) is 0 Å². The Labute approximate surface area is 89.8 Å². The summed E-state index contributed by atoms with van der Waals surface area (Å²) in [5.74, 6) is 1.33. The second-order valence-electron chi connectivity index (χ2n) is 3.20. The molecule has 0 spiro atoms. The highest BCUT2D eigenvalue weighted by Gasteiger charge is 2.06. The lowest BCUT2D eigenvalue weighted by Gasteiger charge is -1.88. The van der Waals surface area contributed by atoms with Crippen molar-refractivity contribution < 1.29 is 0 Å². The van der Waals surface area contributed by atoms with E-state index in [0.717, 1.165) is 16.9 Å². The maximum atomic E-state index is 5.59. The van der Waals surface area contributed by atoms with E-state index in [0.29, 0.717) is 11.5 Å². The van der Waals surface area contributed by atoms with Gasteiger partial charge in [0.1, 0.15) is 11.6 Å². The highest BCUT2D eigenvalue weighted by Crippen LogP contribution is 2.21. The molecule has 0 aliphatic rings. The summed E-state index contributed by atoms with van der Waals surface area (Å²) in [6.45, 7) is 0. The number of nitrogens with zero attached hydrogens (tertiary/aromatic N) is 2. The molecule has 4 nitrogen and oxygen atoms in total. The largest absolute Gasteiger partial charge is 0.384 e. The first-order chi connectivity index (χ1) is 7.33. The van der Waals surface area contributed by atoms with Gasteiger partial charge in [0.2, 0.25) is 0 Å². The molecule has 15 heavy (non-hydrogen) atoms. The number of pyridine rings is 1. The molecule has 0 fully saturated rings. The number of aromatic nitrogens is 3. The quantitative estimate of drug-likeness (QED) is 0.655. The van der Waals surface area contributed by atoms with Crippen LogP contribution >= 0.6 is 11.3 Å². The van der Waals surface area contributed by atoms with Gasteiger partial charge in [0.15, 0.2) is 5.65 Å². The lowest BCUT2D eigenvalue weighted by atomic mass is 10.3. The van der Waals surface area contributed by atoms with Crippen LogP contribution in [0.2, 0.25) is 0 Å². The maximum Gasteiger partial charge on any atom is 0.180 e. The number of hydrogen-bond acceptors (Lipinski definition) is 4. The molecule has 3 heterocycles. The van der Waals surface area contributed by atoms with Crippen molar-refractivity contribution in [2.45, 2.75) is 0 Å². The smallest absolute Gasteiger partial charge is 0.180 e. The van der Waals surface area contributed by atoms with Crippen LogP contribution in [-0.4, -0.2) is 15.0 Å². The van der Waals surface area contributed by atoms with Gasteiger partial charge in [0.25, 0.3) is 0 Å². The topological polar surface area (TPSA) is 67.6 Å². The Balaban J connectivity index is 2.22. The number of imidazole rings is 1. The predicted molar refractivity (Wildman–Crippen MR) is 61.6 cm³/mol. The van der Waals surface area contributed by atoms with Gasteiger partial charge in [0, 0.05) is 10.9 Å². The molecule has 0 aliphatic carbocycles. The van der Waals surface area contributed by atoms with Gasteiger partial charge in [-0.15, -0.1) is 0 Å². The molecule has 74 valence electrons. The van der Waals surface area contributed by atoms with Gasteiger partial charge in [-0.2, -0.15) is 11.3 Å². The molecular weight excluding hydrogens is 208 g/mol. The minimum Gasteiger partial charge on any atom is -0.384 e. The van der Waals surface area contributed by atoms with Crippen LogP contribution in [0.3, 0.4) is 0 Å². The third-order valence-corrected chi connectivity index (χ3v) is 2.85. The molecule has 0 saturated heterocycles. The van der Waals surface area contributed by atoms with Crippen LogP contribution in [0.4, 0.5) is 5.82 Å². The summed E-state index contributed by atoms with van der Waals surface area (Å²) >= 11 is 1.64. The highest BCUT2D eigenvalue weighted by atomic mass is 32.1. The molecule has 0 amide bonds. The molecule has 0 aromatic carbocycles. The van der Waals surface area contributed by atoms with Crippen molar-refractivity contribution in [2.75, 3.05) is 5.73 Å². The molecule has 3 N–H and O–H groups in total. The fourth-order valence-electron chi connectivity index (χ4n) is 1.44. The summed E-state index contributed by atoms with van der Waals surface area (Å²) < 4.78 is 0. The lowest BCUT2D eigenvalue weighted by molar-refractivity contribution is 1.31. The third-order valence-electron chi connectivity index (χ3n) is 2.16. The minimum atomic E-state index is 0.492. The van der Waals surface area contributed by atoms with E-state index in [-0.39, 0.29) is 0 Å². The van der Waals surface area contributed by atoms with Gasteiger partial charge in [-0.1, -0.05) is 0 Å². The summed E-state index contributed by atoms with van der Waals surface area (Å²) in [7, 11) is 0. The molecular formula is C10H8N4S. The van der Waals surface area contributed by atoms with Crippen LogP contribution in [0.5, 0.6) is 0 Å². The Morgan fingerprint density at radius 1 is 1.20 bits per heavy atom. The number of hydrogen-bond donors (Lipinski definition) is 2. The molecule has 0 saturated carbocycles. The summed E-state index contributed by atoms with van der Waals surface area (Å²) in [5, 5.41) is 4.06. The Morgan fingerprint density at radius 3 is 2.93 bits per heavy atom. The molecule has 0 radical (unpaired) electrons. The van der Waals surface area contributed by atoms with Crippen LogP contribution in [0.25, 0.3) is 22.6 Å². The molecule has 0 aliphatic heterocycles. The number of anilines is 1. The van der Waals surface area contributed by atoms with E-state index in [4.69, 9.17) is 5.73 Å². The zero-order valence-electron chi connectivity index (χ0n) is 7.77. The van der Waals surface area contributed by atoms with Crippen LogP contribution in [0, 0.1) is 0 Å². The summed E-state index contributed by atoms with van der Waals surface area (Å²) in [6, 6.07) is 5.67. The van der Waals surface area contributed by atoms with Gasteiger partial charge in [-0.05, 0) is 23.6 Å². The van der Waals surface area contributed by atoms with Crippen LogP contribution in [-0.2, 0) is 0 Å². The molecule has 0 unspecified atom stereocenters. The second kappa shape index (κ2) is 3.06. The Morgan fingerprint density at radius 2 is 2.13 bits per heavy atom. The predicted octanol–water partition coefficient (Wildman–Crippen LogP) is 2.27. The summed E-state index contributed by atoms with van der Waals surface area (Å²) in [4.78, 5) is 11.7. The lowest BCUT2D eigenvalue weighted by Crippen LogP contribution is -1.88. The fraction of sp³-hybridized carbons (Fsp3) is 0. The van der Waals surface area contributed by atoms with E-state index in [1.165, 1.54) is 0 Å². The summed E-state index contributed by atoms with van der Waals surface area (Å²) in [6.07, 6.45) is 0. The number of aromatic amines is 1. The molecule has 0 atom stereocenters. The van der Waals surface area contributed by atoms with E-state index in [9.17, 15) is 0 Å². The highest BCUT2D eigenvalue weighted by molar-refractivity contribution is 7.08. The van der Waals surface area contributed by atoms with Crippen molar-refractivity contribution in [3.8, 4) is 11.4 Å². The average Bonchev–Trinajstić information content (AvgIpc) is 2.84. The van der Waals surface area contributed by atoms with E-state index in [1.807, 2.05) is 22.9 Å². The Kier molecular flexibility index (Phi) is 1.72. The van der Waals surface area contributed by atoms with Gasteiger partial charge in [-0.25, -0.2) is 9.97 Å². The van der Waals surface area contributed by atoms with Gasteiger partial charge in [-0.3, -0.25) is 0 Å². The first-order valence-electron chi connectivity index (χ1n) is 4.48. The van der Waals surface area contributed by atoms with E-state index in [2.05, 4.69) is 15.0 Å². The molecule has 5 heteroatoms. The number of nitrogen functional groups attached to an aromatic ring is 1. The van der Waals surface area contributed by atoms with Crippen molar-refractivity contribution in [1.82, 2.24) is 15.0 Å². The maximum absolute atomic E-state index is 5.59. The van der Waals surface area contributed by atoms with Crippen molar-refractivity contribution >= 4 is 28.3 Å². The van der Waals surface area contributed by atoms with Crippen LogP contribution < -0.4 is 5.73 Å². The van der Waals surface area contributed by atoms with E-state index in [1.54, 1.807) is 17.4 Å². The zero-order chi connectivity index (χ0) is 10.3. The number of rotatable bonds is 1. The normalized spacial score (nSPS) is 10.9. The molecule has 0 bridgehead atoms. The van der Waals surface area contributed by atoms with Crippen LogP contribution in [0.1, 0.15) is 0 Å². The molecule has 3 rings (SSSR count). The van der Waals surface area contributed by atoms with Gasteiger partial charge in [0.05, 0.1) is 5.52 Å². The number of fused-ring (bicyclic) bond motifs is 1. The van der Waals surface area contributed by atoms with Crippen molar-refractivity contribution in [3.63, 3.8) is 0 Å². The standard InChI is InChI=1S/C10H8N4S/c11-8-2-1-7-10(13-8)14-9(12-7)6-3-4-15-5-6/h1-5H,(H3,11,12,13,14). The number of thiophene rings is 1. The van der Waals surface area contributed by atoms with Crippen molar-refractivity contribution in [3.05, 3.63) is 29.0 Å². The number of H-pyrrole nitrogens is 1. The van der Waals surface area contributed by atoms with Crippen molar-refractivity contribution in [1.29, 1.82) is 0 Å². The average molecular weight is 216 g/mol. The zero-order valence-corrected chi connectivity index (χ0v) is 8.58. The monoisotopic (exact) mass is 216 g/mol. The first kappa shape index (κ1) is 8.43.